The van der Waals surface area contributed by atoms with Crippen LogP contribution in [0.1, 0.15) is 117 Å². The minimum absolute atomic E-state index is 0.763. The van der Waals surface area contributed by atoms with E-state index in [4.69, 9.17) is 4.84 Å². The van der Waals surface area contributed by atoms with Crippen molar-refractivity contribution in [2.24, 2.45) is 0 Å². The first-order valence-electron chi connectivity index (χ1n) is 10.3. The molecular formula is C20H43NO. The Hall–Kier alpha value is -0.0800. The molecule has 0 saturated heterocycles. The van der Waals surface area contributed by atoms with E-state index < -0.39 is 0 Å². The van der Waals surface area contributed by atoms with E-state index in [0.29, 0.717) is 0 Å². The van der Waals surface area contributed by atoms with Gasteiger partial charge in [-0.25, -0.2) is 5.48 Å². The molecule has 0 amide bonds. The molecule has 0 bridgehead atoms. The minimum Gasteiger partial charge on any atom is -0.302 e. The smallest absolute Gasteiger partial charge is 0.0653 e. The first-order valence-corrected chi connectivity index (χ1v) is 10.3. The number of hydrogen-bond donors (Lipinski definition) is 1. The maximum Gasteiger partial charge on any atom is 0.0653 e. The summed E-state index contributed by atoms with van der Waals surface area (Å²) in [5.74, 6) is 0. The van der Waals surface area contributed by atoms with E-state index in [1.807, 2.05) is 6.92 Å². The molecule has 134 valence electrons. The van der Waals surface area contributed by atoms with Crippen molar-refractivity contribution in [1.29, 1.82) is 0 Å². The van der Waals surface area contributed by atoms with Gasteiger partial charge >= 0.3 is 0 Å². The summed E-state index contributed by atoms with van der Waals surface area (Å²) in [4.78, 5) is 5.11. The monoisotopic (exact) mass is 313 g/mol. The molecular weight excluding hydrogens is 270 g/mol. The molecule has 0 fully saturated rings. The van der Waals surface area contributed by atoms with Crippen LogP contribution in [-0.2, 0) is 4.84 Å². The van der Waals surface area contributed by atoms with Gasteiger partial charge in [0.15, 0.2) is 0 Å². The van der Waals surface area contributed by atoms with E-state index in [-0.39, 0.29) is 0 Å². The minimum atomic E-state index is 0.763. The van der Waals surface area contributed by atoms with Crippen molar-refractivity contribution >= 4 is 0 Å². The zero-order chi connectivity index (χ0) is 16.1. The standard InChI is InChI=1S/C20H43NO/c1-3-5-6-7-8-9-10-11-12-13-14-15-16-17-18-19-20-21-22-4-2/h21H,3-20H2,1-2H3. The van der Waals surface area contributed by atoms with Crippen LogP contribution in [0.15, 0.2) is 0 Å². The molecule has 0 aliphatic rings. The van der Waals surface area contributed by atoms with Gasteiger partial charge in [-0.15, -0.1) is 0 Å². The van der Waals surface area contributed by atoms with Gasteiger partial charge in [-0.2, -0.15) is 0 Å². The largest absolute Gasteiger partial charge is 0.302 e. The Balaban J connectivity index is 2.91. The Kier molecular flexibility index (Phi) is 20.8. The summed E-state index contributed by atoms with van der Waals surface area (Å²) in [6.45, 7) is 6.07. The van der Waals surface area contributed by atoms with Crippen LogP contribution >= 0.6 is 0 Å². The molecule has 0 unspecified atom stereocenters. The van der Waals surface area contributed by atoms with Crippen molar-refractivity contribution in [2.45, 2.75) is 117 Å². The van der Waals surface area contributed by atoms with Gasteiger partial charge in [0.25, 0.3) is 0 Å². The van der Waals surface area contributed by atoms with Gasteiger partial charge in [0, 0.05) is 6.54 Å². The number of rotatable bonds is 19. The number of hydroxylamine groups is 1. The van der Waals surface area contributed by atoms with Gasteiger partial charge in [-0.05, 0) is 13.3 Å². The fraction of sp³-hybridized carbons (Fsp3) is 1.00. The highest BCUT2D eigenvalue weighted by Gasteiger charge is 1.94. The van der Waals surface area contributed by atoms with E-state index in [1.54, 1.807) is 0 Å². The van der Waals surface area contributed by atoms with E-state index in [9.17, 15) is 0 Å². The lowest BCUT2D eigenvalue weighted by atomic mass is 10.0. The van der Waals surface area contributed by atoms with Gasteiger partial charge in [-0.1, -0.05) is 103 Å². The molecule has 0 aromatic heterocycles. The summed E-state index contributed by atoms with van der Waals surface area (Å²) in [5.41, 5.74) is 2.98. The third-order valence-corrected chi connectivity index (χ3v) is 4.38. The Morgan fingerprint density at radius 3 is 1.23 bits per heavy atom. The van der Waals surface area contributed by atoms with Crippen molar-refractivity contribution in [3.8, 4) is 0 Å². The van der Waals surface area contributed by atoms with Crippen molar-refractivity contribution < 1.29 is 4.84 Å². The van der Waals surface area contributed by atoms with Crippen molar-refractivity contribution in [3.63, 3.8) is 0 Å². The summed E-state index contributed by atoms with van der Waals surface area (Å²) in [5, 5.41) is 0. The SMILES string of the molecule is CCCCCCCCCCCCCCCCCCNOCC. The molecule has 2 nitrogen and oxygen atoms in total. The Morgan fingerprint density at radius 1 is 0.500 bits per heavy atom. The number of hydrogen-bond acceptors (Lipinski definition) is 2. The van der Waals surface area contributed by atoms with Crippen LogP contribution < -0.4 is 5.48 Å². The van der Waals surface area contributed by atoms with Crippen molar-refractivity contribution in [1.82, 2.24) is 5.48 Å². The summed E-state index contributed by atoms with van der Waals surface area (Å²) < 4.78 is 0. The van der Waals surface area contributed by atoms with Crippen LogP contribution in [0.2, 0.25) is 0 Å². The zero-order valence-electron chi connectivity index (χ0n) is 15.6. The molecule has 0 aromatic rings. The molecule has 0 heterocycles. The summed E-state index contributed by atoms with van der Waals surface area (Å²) in [6, 6.07) is 0. The van der Waals surface area contributed by atoms with E-state index in [1.165, 1.54) is 103 Å². The van der Waals surface area contributed by atoms with Crippen LogP contribution in [0, 0.1) is 0 Å². The molecule has 0 radical (unpaired) electrons. The molecule has 0 spiro atoms. The maximum absolute atomic E-state index is 5.11. The third kappa shape index (κ3) is 19.9. The average molecular weight is 314 g/mol. The Bertz CT molecular complexity index is 165. The topological polar surface area (TPSA) is 21.3 Å². The van der Waals surface area contributed by atoms with Crippen LogP contribution in [0.25, 0.3) is 0 Å². The highest BCUT2D eigenvalue weighted by Crippen LogP contribution is 2.13. The summed E-state index contributed by atoms with van der Waals surface area (Å²) in [7, 11) is 0. The summed E-state index contributed by atoms with van der Waals surface area (Å²) in [6.07, 6.45) is 22.8. The van der Waals surface area contributed by atoms with E-state index >= 15 is 0 Å². The first kappa shape index (κ1) is 21.9. The lowest BCUT2D eigenvalue weighted by molar-refractivity contribution is 0.0500. The second-order valence-electron chi connectivity index (χ2n) is 6.63. The first-order chi connectivity index (χ1) is 10.9. The second-order valence-corrected chi connectivity index (χ2v) is 6.63. The Labute approximate surface area is 140 Å². The van der Waals surface area contributed by atoms with Gasteiger partial charge in [0.2, 0.25) is 0 Å². The van der Waals surface area contributed by atoms with Crippen molar-refractivity contribution in [3.05, 3.63) is 0 Å². The molecule has 22 heavy (non-hydrogen) atoms. The number of unbranched alkanes of at least 4 members (excludes halogenated alkanes) is 15. The van der Waals surface area contributed by atoms with E-state index in [2.05, 4.69) is 12.4 Å². The quantitative estimate of drug-likeness (QED) is 0.209. The van der Waals surface area contributed by atoms with Crippen LogP contribution in [0.5, 0.6) is 0 Å². The molecule has 1 N–H and O–H groups in total. The molecule has 0 rings (SSSR count). The van der Waals surface area contributed by atoms with Gasteiger partial charge < -0.3 is 4.84 Å². The fourth-order valence-corrected chi connectivity index (χ4v) is 2.92. The predicted octanol–water partition coefficient (Wildman–Crippen LogP) is 6.79. The fourth-order valence-electron chi connectivity index (χ4n) is 2.92. The van der Waals surface area contributed by atoms with E-state index in [0.717, 1.165) is 13.2 Å². The van der Waals surface area contributed by atoms with Crippen LogP contribution in [0.4, 0.5) is 0 Å². The lowest BCUT2D eigenvalue weighted by Crippen LogP contribution is -2.15. The van der Waals surface area contributed by atoms with Crippen LogP contribution in [0.3, 0.4) is 0 Å². The molecule has 2 heteroatoms. The maximum atomic E-state index is 5.11. The molecule has 0 aliphatic heterocycles. The lowest BCUT2D eigenvalue weighted by Gasteiger charge is -2.04. The van der Waals surface area contributed by atoms with Crippen molar-refractivity contribution in [2.75, 3.05) is 13.2 Å². The highest BCUT2D eigenvalue weighted by atomic mass is 16.6. The summed E-state index contributed by atoms with van der Waals surface area (Å²) >= 11 is 0. The molecule has 0 aliphatic carbocycles. The van der Waals surface area contributed by atoms with Gasteiger partial charge in [-0.3, -0.25) is 0 Å². The zero-order valence-corrected chi connectivity index (χ0v) is 15.6. The van der Waals surface area contributed by atoms with Crippen LogP contribution in [-0.4, -0.2) is 13.2 Å². The average Bonchev–Trinajstić information content (AvgIpc) is 2.54. The Morgan fingerprint density at radius 2 is 0.864 bits per heavy atom. The van der Waals surface area contributed by atoms with Gasteiger partial charge in [0.05, 0.1) is 6.61 Å². The molecule has 0 atom stereocenters. The molecule has 0 saturated carbocycles. The molecule has 0 aromatic carbocycles. The second kappa shape index (κ2) is 20.9. The highest BCUT2D eigenvalue weighted by molar-refractivity contribution is 4.50. The predicted molar refractivity (Wildman–Crippen MR) is 99.2 cm³/mol. The van der Waals surface area contributed by atoms with Gasteiger partial charge in [0.1, 0.15) is 0 Å². The number of nitrogens with one attached hydrogen (secondary N) is 1. The normalized spacial score (nSPS) is 11.2. The third-order valence-electron chi connectivity index (χ3n) is 4.38.